The average molecular weight is 411 g/mol. The summed E-state index contributed by atoms with van der Waals surface area (Å²) in [6, 6.07) is 16.3. The van der Waals surface area contributed by atoms with Crippen LogP contribution in [0.25, 0.3) is 0 Å². The van der Waals surface area contributed by atoms with Gasteiger partial charge < -0.3 is 28.7 Å². The van der Waals surface area contributed by atoms with Crippen LogP contribution in [0.5, 0.6) is 23.0 Å². The normalized spacial score (nSPS) is 10.4. The lowest BCUT2D eigenvalue weighted by atomic mass is 10.1. The predicted octanol–water partition coefficient (Wildman–Crippen LogP) is 3.86. The molecular weight excluding hydrogens is 386 g/mol. The fourth-order valence-electron chi connectivity index (χ4n) is 2.85. The van der Waals surface area contributed by atoms with E-state index in [-0.39, 0.29) is 18.3 Å². The molecule has 0 aliphatic carbocycles. The number of benzene rings is 2. The molecule has 1 amide bonds. The van der Waals surface area contributed by atoms with Crippen LogP contribution in [0, 0.1) is 0 Å². The highest BCUT2D eigenvalue weighted by molar-refractivity contribution is 5.91. The van der Waals surface area contributed by atoms with Crippen LogP contribution in [-0.2, 0) is 13.0 Å². The first kappa shape index (κ1) is 21.1. The van der Waals surface area contributed by atoms with Crippen LogP contribution in [0.2, 0.25) is 0 Å². The van der Waals surface area contributed by atoms with Crippen molar-refractivity contribution in [2.24, 2.45) is 0 Å². The Kier molecular flexibility index (Phi) is 7.21. The molecule has 7 nitrogen and oxygen atoms in total. The Morgan fingerprint density at radius 2 is 1.60 bits per heavy atom. The highest BCUT2D eigenvalue weighted by atomic mass is 16.5. The van der Waals surface area contributed by atoms with Crippen molar-refractivity contribution in [1.29, 1.82) is 0 Å². The maximum Gasteiger partial charge on any atom is 0.287 e. The van der Waals surface area contributed by atoms with Gasteiger partial charge in [0.25, 0.3) is 5.91 Å². The van der Waals surface area contributed by atoms with Gasteiger partial charge in [-0.1, -0.05) is 6.07 Å². The zero-order valence-corrected chi connectivity index (χ0v) is 17.3. The SMILES string of the molecule is COc1ccc(OCc2ccc(C(=O)NCCc3ccc(OC)c(OC)c3)o2)cc1. The third kappa shape index (κ3) is 5.47. The van der Waals surface area contributed by atoms with Crippen molar-refractivity contribution in [2.45, 2.75) is 13.0 Å². The molecule has 3 rings (SSSR count). The number of carbonyl (C=O) groups excluding carboxylic acids is 1. The smallest absolute Gasteiger partial charge is 0.287 e. The summed E-state index contributed by atoms with van der Waals surface area (Å²) in [4.78, 5) is 12.3. The summed E-state index contributed by atoms with van der Waals surface area (Å²) >= 11 is 0. The van der Waals surface area contributed by atoms with Crippen molar-refractivity contribution < 1.29 is 28.2 Å². The monoisotopic (exact) mass is 411 g/mol. The fraction of sp³-hybridized carbons (Fsp3) is 0.261. The molecule has 0 aliphatic heterocycles. The number of ether oxygens (including phenoxy) is 4. The number of hydrogen-bond acceptors (Lipinski definition) is 6. The van der Waals surface area contributed by atoms with E-state index in [1.807, 2.05) is 42.5 Å². The molecule has 1 heterocycles. The molecule has 0 aliphatic rings. The van der Waals surface area contributed by atoms with Gasteiger partial charge in [0.15, 0.2) is 17.3 Å². The Morgan fingerprint density at radius 3 is 2.30 bits per heavy atom. The molecule has 30 heavy (non-hydrogen) atoms. The fourth-order valence-corrected chi connectivity index (χ4v) is 2.85. The van der Waals surface area contributed by atoms with Gasteiger partial charge in [-0.2, -0.15) is 0 Å². The van der Waals surface area contributed by atoms with E-state index in [2.05, 4.69) is 5.32 Å². The highest BCUT2D eigenvalue weighted by Crippen LogP contribution is 2.27. The standard InChI is InChI=1S/C23H25NO6/c1-26-17-5-7-18(8-6-17)29-15-19-9-11-21(30-19)23(25)24-13-12-16-4-10-20(27-2)22(14-16)28-3/h4-11,14H,12-13,15H2,1-3H3,(H,24,25). The van der Waals surface area contributed by atoms with Gasteiger partial charge in [-0.05, 0) is 60.5 Å². The zero-order chi connectivity index (χ0) is 21.3. The third-order valence-corrected chi connectivity index (χ3v) is 4.47. The van der Waals surface area contributed by atoms with Gasteiger partial charge in [0, 0.05) is 6.54 Å². The average Bonchev–Trinajstić information content (AvgIpc) is 3.27. The maximum absolute atomic E-state index is 12.3. The lowest BCUT2D eigenvalue weighted by Gasteiger charge is -2.10. The topological polar surface area (TPSA) is 79.2 Å². The van der Waals surface area contributed by atoms with Gasteiger partial charge in [0.05, 0.1) is 21.3 Å². The molecule has 2 aromatic carbocycles. The summed E-state index contributed by atoms with van der Waals surface area (Å²) in [6.07, 6.45) is 0.653. The Labute approximate surface area is 175 Å². The number of furan rings is 1. The van der Waals surface area contributed by atoms with Crippen molar-refractivity contribution in [2.75, 3.05) is 27.9 Å². The van der Waals surface area contributed by atoms with Crippen molar-refractivity contribution >= 4 is 5.91 Å². The lowest BCUT2D eigenvalue weighted by molar-refractivity contribution is 0.0922. The molecule has 0 unspecified atom stereocenters. The van der Waals surface area contributed by atoms with Crippen LogP contribution < -0.4 is 24.3 Å². The summed E-state index contributed by atoms with van der Waals surface area (Å²) in [6.45, 7) is 0.692. The summed E-state index contributed by atoms with van der Waals surface area (Å²) < 4.78 is 26.9. The van der Waals surface area contributed by atoms with E-state index in [1.54, 1.807) is 33.5 Å². The molecule has 1 aromatic heterocycles. The predicted molar refractivity (Wildman–Crippen MR) is 112 cm³/mol. The lowest BCUT2D eigenvalue weighted by Crippen LogP contribution is -2.25. The van der Waals surface area contributed by atoms with Gasteiger partial charge in [0.2, 0.25) is 0 Å². The second kappa shape index (κ2) is 10.2. The van der Waals surface area contributed by atoms with Gasteiger partial charge >= 0.3 is 0 Å². The summed E-state index contributed by atoms with van der Waals surface area (Å²) in [7, 11) is 4.80. The Morgan fingerprint density at radius 1 is 0.867 bits per heavy atom. The Bertz CT molecular complexity index is 964. The van der Waals surface area contributed by atoms with Crippen molar-refractivity contribution in [3.8, 4) is 23.0 Å². The molecule has 7 heteroatoms. The molecule has 0 radical (unpaired) electrons. The highest BCUT2D eigenvalue weighted by Gasteiger charge is 2.12. The van der Waals surface area contributed by atoms with Gasteiger partial charge in [-0.25, -0.2) is 0 Å². The van der Waals surface area contributed by atoms with Crippen LogP contribution in [-0.4, -0.2) is 33.8 Å². The molecule has 3 aromatic rings. The zero-order valence-electron chi connectivity index (χ0n) is 17.3. The van der Waals surface area contributed by atoms with Gasteiger partial charge in [-0.15, -0.1) is 0 Å². The second-order valence-corrected chi connectivity index (χ2v) is 6.43. The quantitative estimate of drug-likeness (QED) is 0.546. The van der Waals surface area contributed by atoms with Crippen LogP contribution in [0.15, 0.2) is 59.0 Å². The van der Waals surface area contributed by atoms with E-state index >= 15 is 0 Å². The molecule has 0 saturated heterocycles. The molecular formula is C23H25NO6. The first-order valence-electron chi connectivity index (χ1n) is 9.47. The molecule has 0 saturated carbocycles. The van der Waals surface area contributed by atoms with Gasteiger partial charge in [-0.3, -0.25) is 4.79 Å². The third-order valence-electron chi connectivity index (χ3n) is 4.47. The first-order chi connectivity index (χ1) is 14.6. The number of hydrogen-bond donors (Lipinski definition) is 1. The van der Waals surface area contributed by atoms with E-state index < -0.39 is 0 Å². The molecule has 0 bridgehead atoms. The Balaban J connectivity index is 1.47. The van der Waals surface area contributed by atoms with E-state index in [1.165, 1.54) is 0 Å². The largest absolute Gasteiger partial charge is 0.497 e. The second-order valence-electron chi connectivity index (χ2n) is 6.43. The van der Waals surface area contributed by atoms with E-state index in [0.717, 1.165) is 11.3 Å². The number of carbonyl (C=O) groups is 1. The summed E-state index contributed by atoms with van der Waals surface area (Å²) in [5, 5.41) is 2.85. The molecule has 0 spiro atoms. The minimum atomic E-state index is -0.272. The minimum Gasteiger partial charge on any atom is -0.497 e. The first-order valence-corrected chi connectivity index (χ1v) is 9.47. The van der Waals surface area contributed by atoms with Crippen molar-refractivity contribution in [1.82, 2.24) is 5.32 Å². The molecule has 0 fully saturated rings. The van der Waals surface area contributed by atoms with Crippen molar-refractivity contribution in [3.05, 3.63) is 71.7 Å². The summed E-state index contributed by atoms with van der Waals surface area (Å²) in [5.41, 5.74) is 1.03. The van der Waals surface area contributed by atoms with Gasteiger partial charge in [0.1, 0.15) is 23.9 Å². The number of rotatable bonds is 10. The Hall–Kier alpha value is -3.61. The number of methoxy groups -OCH3 is 3. The maximum atomic E-state index is 12.3. The molecule has 158 valence electrons. The minimum absolute atomic E-state index is 0.227. The van der Waals surface area contributed by atoms with Crippen LogP contribution in [0.4, 0.5) is 0 Å². The van der Waals surface area contributed by atoms with Crippen LogP contribution >= 0.6 is 0 Å². The van der Waals surface area contributed by atoms with Crippen LogP contribution in [0.3, 0.4) is 0 Å². The molecule has 0 atom stereocenters. The summed E-state index contributed by atoms with van der Waals surface area (Å²) in [5.74, 6) is 3.32. The van der Waals surface area contributed by atoms with E-state index in [9.17, 15) is 4.79 Å². The number of nitrogens with one attached hydrogen (secondary N) is 1. The van der Waals surface area contributed by atoms with Crippen LogP contribution in [0.1, 0.15) is 21.9 Å². The number of amides is 1. The van der Waals surface area contributed by atoms with E-state index in [0.29, 0.717) is 36.0 Å². The van der Waals surface area contributed by atoms with Crippen molar-refractivity contribution in [3.63, 3.8) is 0 Å². The van der Waals surface area contributed by atoms with E-state index in [4.69, 9.17) is 23.4 Å². The molecule has 1 N–H and O–H groups in total.